The van der Waals surface area contributed by atoms with Gasteiger partial charge in [-0.05, 0) is 70.5 Å². The number of pyridine rings is 1. The van der Waals surface area contributed by atoms with Crippen LogP contribution >= 0.6 is 11.6 Å². The van der Waals surface area contributed by atoms with E-state index in [1.54, 1.807) is 22.8 Å². The van der Waals surface area contributed by atoms with E-state index < -0.39 is 6.04 Å². The van der Waals surface area contributed by atoms with Crippen LogP contribution in [-0.4, -0.2) is 40.2 Å². The van der Waals surface area contributed by atoms with Crippen LogP contribution < -0.4 is 5.56 Å². The van der Waals surface area contributed by atoms with E-state index in [0.29, 0.717) is 49.7 Å². The van der Waals surface area contributed by atoms with Gasteiger partial charge in [-0.25, -0.2) is 0 Å². The van der Waals surface area contributed by atoms with Crippen molar-refractivity contribution < 1.29 is 14.6 Å². The number of esters is 1. The van der Waals surface area contributed by atoms with Crippen LogP contribution in [0.15, 0.2) is 35.1 Å². The minimum atomic E-state index is -0.420. The van der Waals surface area contributed by atoms with E-state index in [1.165, 1.54) is 0 Å². The normalized spacial score (nSPS) is 16.4. The molecule has 0 bridgehead atoms. The van der Waals surface area contributed by atoms with E-state index in [-0.39, 0.29) is 23.2 Å². The van der Waals surface area contributed by atoms with Gasteiger partial charge in [-0.15, -0.1) is 0 Å². The summed E-state index contributed by atoms with van der Waals surface area (Å²) in [7, 11) is 0. The Morgan fingerprint density at radius 2 is 1.87 bits per heavy atom. The molecule has 0 amide bonds. The number of benzene rings is 1. The summed E-state index contributed by atoms with van der Waals surface area (Å²) in [6, 6.07) is 8.58. The van der Waals surface area contributed by atoms with Crippen LogP contribution in [0.1, 0.15) is 49.6 Å². The first-order chi connectivity index (χ1) is 14.4. The molecule has 0 radical (unpaired) electrons. The number of carbonyl (C=O) groups excluding carboxylic acids is 1. The van der Waals surface area contributed by atoms with Crippen molar-refractivity contribution in [2.45, 2.75) is 46.2 Å². The summed E-state index contributed by atoms with van der Waals surface area (Å²) in [5.41, 5.74) is 1.77. The first kappa shape index (κ1) is 22.4. The van der Waals surface area contributed by atoms with E-state index in [1.807, 2.05) is 32.9 Å². The van der Waals surface area contributed by atoms with Crippen molar-refractivity contribution in [2.24, 2.45) is 5.92 Å². The van der Waals surface area contributed by atoms with Crippen molar-refractivity contribution >= 4 is 17.6 Å². The Hall–Kier alpha value is -2.31. The molecule has 1 aliphatic heterocycles. The molecule has 0 saturated carbocycles. The van der Waals surface area contributed by atoms with Gasteiger partial charge in [-0.2, -0.15) is 0 Å². The van der Waals surface area contributed by atoms with Gasteiger partial charge in [0.25, 0.3) is 5.56 Å². The Balaban J connectivity index is 2.01. The predicted octanol–water partition coefficient (Wildman–Crippen LogP) is 3.90. The summed E-state index contributed by atoms with van der Waals surface area (Å²) in [5, 5.41) is 11.4. The van der Waals surface area contributed by atoms with Crippen molar-refractivity contribution in [3.63, 3.8) is 0 Å². The summed E-state index contributed by atoms with van der Waals surface area (Å²) >= 11 is 6.08. The van der Waals surface area contributed by atoms with Crippen LogP contribution in [0.5, 0.6) is 5.75 Å². The van der Waals surface area contributed by atoms with Crippen LogP contribution in [0.3, 0.4) is 0 Å². The second kappa shape index (κ2) is 9.67. The number of carbonyl (C=O) groups is 1. The van der Waals surface area contributed by atoms with Gasteiger partial charge < -0.3 is 14.4 Å². The van der Waals surface area contributed by atoms with Crippen molar-refractivity contribution in [3.8, 4) is 5.75 Å². The zero-order chi connectivity index (χ0) is 21.8. The van der Waals surface area contributed by atoms with Gasteiger partial charge in [0, 0.05) is 17.3 Å². The SMILES string of the molecule is CCOC(=O)C1CCN([C@@H](c2ccc(Cl)cc2)c2c(O)cc(C)n(CC)c2=O)CC1. The Labute approximate surface area is 182 Å². The van der Waals surface area contributed by atoms with Gasteiger partial charge >= 0.3 is 5.97 Å². The molecule has 1 N–H and O–H groups in total. The minimum Gasteiger partial charge on any atom is -0.507 e. The number of hydrogen-bond acceptors (Lipinski definition) is 5. The zero-order valence-electron chi connectivity index (χ0n) is 17.7. The van der Waals surface area contributed by atoms with Gasteiger partial charge in [-0.1, -0.05) is 23.7 Å². The topological polar surface area (TPSA) is 71.8 Å². The molecule has 1 fully saturated rings. The highest BCUT2D eigenvalue weighted by Gasteiger charge is 2.34. The van der Waals surface area contributed by atoms with E-state index in [0.717, 1.165) is 11.3 Å². The predicted molar refractivity (Wildman–Crippen MR) is 117 cm³/mol. The summed E-state index contributed by atoms with van der Waals surface area (Å²) in [6.45, 7) is 7.68. The molecule has 1 aromatic carbocycles. The molecule has 0 unspecified atom stereocenters. The van der Waals surface area contributed by atoms with Crippen molar-refractivity contribution in [1.29, 1.82) is 0 Å². The molecule has 2 aromatic rings. The molecule has 162 valence electrons. The van der Waals surface area contributed by atoms with Crippen LogP contribution in [-0.2, 0) is 16.1 Å². The highest BCUT2D eigenvalue weighted by molar-refractivity contribution is 6.30. The number of halogens is 1. The number of nitrogens with zero attached hydrogens (tertiary/aromatic N) is 2. The maximum absolute atomic E-state index is 13.3. The Morgan fingerprint density at radius 3 is 2.43 bits per heavy atom. The van der Waals surface area contributed by atoms with Gasteiger partial charge in [0.05, 0.1) is 24.1 Å². The molecular weight excluding hydrogens is 404 g/mol. The van der Waals surface area contributed by atoms with Gasteiger partial charge in [0.15, 0.2) is 0 Å². The van der Waals surface area contributed by atoms with Crippen molar-refractivity contribution in [2.75, 3.05) is 19.7 Å². The molecule has 7 heteroatoms. The third-order valence-electron chi connectivity index (χ3n) is 5.81. The largest absolute Gasteiger partial charge is 0.507 e. The summed E-state index contributed by atoms with van der Waals surface area (Å²) < 4.78 is 6.85. The number of likely N-dealkylation sites (tertiary alicyclic amines) is 1. The minimum absolute atomic E-state index is 0.00494. The van der Waals surface area contributed by atoms with Crippen LogP contribution in [0.4, 0.5) is 0 Å². The number of rotatable bonds is 6. The molecule has 6 nitrogen and oxygen atoms in total. The number of aromatic hydroxyl groups is 1. The molecule has 1 atom stereocenters. The quantitative estimate of drug-likeness (QED) is 0.701. The first-order valence-corrected chi connectivity index (χ1v) is 10.8. The Kier molecular flexibility index (Phi) is 7.21. The standard InChI is InChI=1S/C23H29ClN2O4/c1-4-26-15(3)14-19(27)20(22(26)28)21(16-6-8-18(24)9-7-16)25-12-10-17(11-13-25)23(29)30-5-2/h6-9,14,17,21,27H,4-5,10-13H2,1-3H3/t21-/m0/s1. The third kappa shape index (κ3) is 4.55. The molecule has 1 aliphatic rings. The molecule has 1 saturated heterocycles. The lowest BCUT2D eigenvalue weighted by atomic mass is 9.91. The lowest BCUT2D eigenvalue weighted by molar-refractivity contribution is -0.149. The number of aryl methyl sites for hydroxylation is 1. The van der Waals surface area contributed by atoms with E-state index in [4.69, 9.17) is 16.3 Å². The van der Waals surface area contributed by atoms with Gasteiger partial charge in [0.2, 0.25) is 0 Å². The van der Waals surface area contributed by atoms with Crippen molar-refractivity contribution in [3.05, 3.63) is 62.5 Å². The fourth-order valence-electron chi connectivity index (χ4n) is 4.28. The first-order valence-electron chi connectivity index (χ1n) is 10.5. The molecule has 2 heterocycles. The summed E-state index contributed by atoms with van der Waals surface area (Å²) in [6.07, 6.45) is 1.30. The highest BCUT2D eigenvalue weighted by atomic mass is 35.5. The maximum atomic E-state index is 13.3. The molecule has 3 rings (SSSR count). The average molecular weight is 433 g/mol. The molecular formula is C23H29ClN2O4. The van der Waals surface area contributed by atoms with Gasteiger partial charge in [-0.3, -0.25) is 14.5 Å². The van der Waals surface area contributed by atoms with E-state index in [9.17, 15) is 14.7 Å². The Bertz CT molecular complexity index is 947. The monoisotopic (exact) mass is 432 g/mol. The molecule has 0 spiro atoms. The second-order valence-corrected chi connectivity index (χ2v) is 8.09. The molecule has 1 aromatic heterocycles. The fourth-order valence-corrected chi connectivity index (χ4v) is 4.40. The fraction of sp³-hybridized carbons (Fsp3) is 0.478. The van der Waals surface area contributed by atoms with Gasteiger partial charge in [0.1, 0.15) is 5.75 Å². The van der Waals surface area contributed by atoms with E-state index >= 15 is 0 Å². The zero-order valence-corrected chi connectivity index (χ0v) is 18.5. The van der Waals surface area contributed by atoms with Crippen LogP contribution in [0.25, 0.3) is 0 Å². The van der Waals surface area contributed by atoms with Crippen LogP contribution in [0, 0.1) is 12.8 Å². The lowest BCUT2D eigenvalue weighted by Gasteiger charge is -2.37. The number of piperidine rings is 1. The summed E-state index contributed by atoms with van der Waals surface area (Å²) in [4.78, 5) is 27.6. The second-order valence-electron chi connectivity index (χ2n) is 7.65. The smallest absolute Gasteiger partial charge is 0.309 e. The highest BCUT2D eigenvalue weighted by Crippen LogP contribution is 2.35. The number of ether oxygens (including phenoxy) is 1. The number of hydrogen-bond donors (Lipinski definition) is 1. The average Bonchev–Trinajstić information content (AvgIpc) is 2.72. The Morgan fingerprint density at radius 1 is 1.23 bits per heavy atom. The molecule has 30 heavy (non-hydrogen) atoms. The van der Waals surface area contributed by atoms with E-state index in [2.05, 4.69) is 4.90 Å². The molecule has 0 aliphatic carbocycles. The summed E-state index contributed by atoms with van der Waals surface area (Å²) in [5.74, 6) is -0.299. The number of aromatic nitrogens is 1. The van der Waals surface area contributed by atoms with Crippen LogP contribution in [0.2, 0.25) is 5.02 Å². The lowest BCUT2D eigenvalue weighted by Crippen LogP contribution is -2.42. The third-order valence-corrected chi connectivity index (χ3v) is 6.06. The van der Waals surface area contributed by atoms with Crippen molar-refractivity contribution in [1.82, 2.24) is 9.47 Å². The maximum Gasteiger partial charge on any atom is 0.309 e.